The van der Waals surface area contributed by atoms with Crippen LogP contribution in [0.15, 0.2) is 108 Å². The largest absolute Gasteiger partial charge is 0.489 e. The number of para-hydroxylation sites is 1. The number of carbonyl (C=O) groups is 1. The van der Waals surface area contributed by atoms with Gasteiger partial charge < -0.3 is 4.74 Å². The summed E-state index contributed by atoms with van der Waals surface area (Å²) in [5.74, 6) is 0.0806. The number of non-ortho nitro benzene ring substituents is 1. The van der Waals surface area contributed by atoms with Gasteiger partial charge >= 0.3 is 0 Å². The maximum Gasteiger partial charge on any atom is 0.269 e. The molecule has 4 aromatic rings. The molecule has 0 radical (unpaired) electrons. The highest BCUT2D eigenvalue weighted by Gasteiger charge is 2.20. The molecule has 4 aromatic carbocycles. The average molecular weight is 531 g/mol. The van der Waals surface area contributed by atoms with Gasteiger partial charge in [-0.2, -0.15) is 0 Å². The zero-order valence-electron chi connectivity index (χ0n) is 20.4. The van der Waals surface area contributed by atoms with E-state index in [2.05, 4.69) is 6.07 Å². The first-order valence-corrected chi connectivity index (χ1v) is 13.5. The number of amides is 1. The predicted molar refractivity (Wildman–Crippen MR) is 143 cm³/mol. The number of sulfonamides is 1. The van der Waals surface area contributed by atoms with E-state index in [0.717, 1.165) is 66.0 Å². The van der Waals surface area contributed by atoms with Gasteiger partial charge in [0.25, 0.3) is 21.6 Å². The summed E-state index contributed by atoms with van der Waals surface area (Å²) in [6, 6.07) is 29.0. The summed E-state index contributed by atoms with van der Waals surface area (Å²) in [4.78, 5) is 22.4. The number of nitro benzene ring substituents is 1. The van der Waals surface area contributed by atoms with Crippen LogP contribution in [0, 0.1) is 10.1 Å². The molecule has 0 spiro atoms. The van der Waals surface area contributed by atoms with Gasteiger partial charge in [-0.25, -0.2) is 13.1 Å². The van der Waals surface area contributed by atoms with Gasteiger partial charge in [0.05, 0.1) is 9.82 Å². The third kappa shape index (κ3) is 7.04. The molecule has 0 saturated heterocycles. The van der Waals surface area contributed by atoms with Crippen molar-refractivity contribution in [1.82, 2.24) is 4.72 Å². The number of rotatable bonds is 11. The molecule has 8 nitrogen and oxygen atoms in total. The number of benzene rings is 4. The van der Waals surface area contributed by atoms with Crippen LogP contribution in [0.3, 0.4) is 0 Å². The molecule has 9 heteroatoms. The molecular weight excluding hydrogens is 504 g/mol. The van der Waals surface area contributed by atoms with E-state index in [9.17, 15) is 23.3 Å². The summed E-state index contributed by atoms with van der Waals surface area (Å²) in [7, 11) is -4.17. The van der Waals surface area contributed by atoms with E-state index < -0.39 is 20.9 Å². The van der Waals surface area contributed by atoms with Crippen LogP contribution in [0.25, 0.3) is 0 Å². The number of hydrogen-bond acceptors (Lipinski definition) is 6. The number of nitrogens with one attached hydrogen (secondary N) is 1. The monoisotopic (exact) mass is 530 g/mol. The van der Waals surface area contributed by atoms with Gasteiger partial charge in [-0.3, -0.25) is 14.9 Å². The van der Waals surface area contributed by atoms with E-state index >= 15 is 0 Å². The van der Waals surface area contributed by atoms with Crippen LogP contribution in [0.5, 0.6) is 5.75 Å². The molecule has 194 valence electrons. The quantitative estimate of drug-likeness (QED) is 0.203. The van der Waals surface area contributed by atoms with Gasteiger partial charge in [-0.15, -0.1) is 0 Å². The summed E-state index contributed by atoms with van der Waals surface area (Å²) in [6.45, 7) is 0.501. The minimum Gasteiger partial charge on any atom is -0.489 e. The van der Waals surface area contributed by atoms with Crippen molar-refractivity contribution in [3.63, 3.8) is 0 Å². The van der Waals surface area contributed by atoms with Gasteiger partial charge in [0.2, 0.25) is 0 Å². The molecule has 4 rings (SSSR count). The third-order valence-corrected chi connectivity index (χ3v) is 7.27. The van der Waals surface area contributed by atoms with Crippen molar-refractivity contribution in [2.45, 2.75) is 30.8 Å². The molecule has 1 amide bonds. The lowest BCUT2D eigenvalue weighted by atomic mass is 10.0. The molecule has 0 saturated carbocycles. The first kappa shape index (κ1) is 26.6. The minimum absolute atomic E-state index is 0.193. The Morgan fingerprint density at radius 1 is 0.789 bits per heavy atom. The van der Waals surface area contributed by atoms with E-state index in [4.69, 9.17) is 4.74 Å². The second kappa shape index (κ2) is 12.2. The van der Waals surface area contributed by atoms with Crippen LogP contribution in [-0.4, -0.2) is 19.2 Å². The number of carbonyl (C=O) groups excluding carboxylic acids is 1. The van der Waals surface area contributed by atoms with E-state index in [1.807, 2.05) is 53.3 Å². The average Bonchev–Trinajstić information content (AvgIpc) is 2.93. The van der Waals surface area contributed by atoms with Crippen LogP contribution in [-0.2, 0) is 29.5 Å². The van der Waals surface area contributed by atoms with Gasteiger partial charge in [-0.1, -0.05) is 60.7 Å². The van der Waals surface area contributed by atoms with Crippen LogP contribution in [0.1, 0.15) is 33.5 Å². The maximum absolute atomic E-state index is 12.5. The molecule has 0 heterocycles. The smallest absolute Gasteiger partial charge is 0.269 e. The number of nitro groups is 1. The summed E-state index contributed by atoms with van der Waals surface area (Å²) in [5, 5.41) is 10.8. The Morgan fingerprint density at radius 3 is 2.13 bits per heavy atom. The molecule has 0 bridgehead atoms. The Bertz CT molecular complexity index is 1500. The highest BCUT2D eigenvalue weighted by Crippen LogP contribution is 2.22. The van der Waals surface area contributed by atoms with Crippen LogP contribution in [0.2, 0.25) is 0 Å². The lowest BCUT2D eigenvalue weighted by Crippen LogP contribution is -2.30. The van der Waals surface area contributed by atoms with Crippen molar-refractivity contribution >= 4 is 21.6 Å². The van der Waals surface area contributed by atoms with Gasteiger partial charge in [0, 0.05) is 17.7 Å². The summed E-state index contributed by atoms with van der Waals surface area (Å²) < 4.78 is 33.0. The molecule has 38 heavy (non-hydrogen) atoms. The number of ether oxygens (including phenoxy) is 1. The Hall–Kier alpha value is -4.50. The molecule has 0 unspecified atom stereocenters. The Labute approximate surface area is 221 Å². The fourth-order valence-electron chi connectivity index (χ4n) is 3.88. The molecule has 1 N–H and O–H groups in total. The van der Waals surface area contributed by atoms with Gasteiger partial charge in [0.15, 0.2) is 0 Å². The molecule has 0 aromatic heterocycles. The first-order chi connectivity index (χ1) is 18.3. The number of hydrogen-bond donors (Lipinski definition) is 1. The maximum atomic E-state index is 12.5. The van der Waals surface area contributed by atoms with Crippen molar-refractivity contribution in [3.8, 4) is 5.75 Å². The highest BCUT2D eigenvalue weighted by molar-refractivity contribution is 7.90. The predicted octanol–water partition coefficient (Wildman–Crippen LogP) is 5.47. The minimum atomic E-state index is -4.17. The summed E-state index contributed by atoms with van der Waals surface area (Å²) in [6.07, 6.45) is 2.46. The van der Waals surface area contributed by atoms with Crippen molar-refractivity contribution in [3.05, 3.63) is 135 Å². The van der Waals surface area contributed by atoms with E-state index in [-0.39, 0.29) is 16.1 Å². The summed E-state index contributed by atoms with van der Waals surface area (Å²) >= 11 is 0. The molecule has 0 aliphatic carbocycles. The molecule has 0 aliphatic heterocycles. The van der Waals surface area contributed by atoms with Crippen molar-refractivity contribution in [2.24, 2.45) is 0 Å². The van der Waals surface area contributed by atoms with E-state index in [0.29, 0.717) is 6.61 Å². The van der Waals surface area contributed by atoms with Crippen LogP contribution >= 0.6 is 0 Å². The van der Waals surface area contributed by atoms with Crippen molar-refractivity contribution < 1.29 is 22.9 Å². The standard InChI is InChI=1S/C29H26N2O6S/c32-29(30-38(35,36)27-19-17-26(18-20-27)31(33)34)25-15-13-22(14-16-25)9-6-11-24-10-4-5-12-28(24)37-21-23-7-2-1-3-8-23/h1-5,7-8,10,12-20H,6,9,11,21H2,(H,30,32). The lowest BCUT2D eigenvalue weighted by Gasteiger charge is -2.12. The molecular formula is C29H26N2O6S. The van der Waals surface area contributed by atoms with E-state index in [1.165, 1.54) is 0 Å². The number of nitrogens with zero attached hydrogens (tertiary/aromatic N) is 1. The Balaban J connectivity index is 1.30. The second-order valence-corrected chi connectivity index (χ2v) is 10.3. The van der Waals surface area contributed by atoms with Crippen LogP contribution in [0.4, 0.5) is 5.69 Å². The zero-order valence-corrected chi connectivity index (χ0v) is 21.3. The second-order valence-electron chi connectivity index (χ2n) is 8.62. The third-order valence-electron chi connectivity index (χ3n) is 5.92. The fourth-order valence-corrected chi connectivity index (χ4v) is 4.85. The highest BCUT2D eigenvalue weighted by atomic mass is 32.2. The van der Waals surface area contributed by atoms with Gasteiger partial charge in [-0.05, 0) is 66.3 Å². The lowest BCUT2D eigenvalue weighted by molar-refractivity contribution is -0.384. The first-order valence-electron chi connectivity index (χ1n) is 12.0. The van der Waals surface area contributed by atoms with Crippen LogP contribution < -0.4 is 9.46 Å². The zero-order chi connectivity index (χ0) is 27.0. The van der Waals surface area contributed by atoms with Crippen molar-refractivity contribution in [2.75, 3.05) is 0 Å². The molecule has 0 atom stereocenters. The summed E-state index contributed by atoms with van der Waals surface area (Å²) in [5.41, 5.74) is 3.19. The topological polar surface area (TPSA) is 116 Å². The number of aryl methyl sites for hydroxylation is 2. The van der Waals surface area contributed by atoms with Gasteiger partial charge in [0.1, 0.15) is 12.4 Å². The van der Waals surface area contributed by atoms with Crippen molar-refractivity contribution in [1.29, 1.82) is 0 Å². The molecule has 0 fully saturated rings. The fraction of sp³-hybridized carbons (Fsp3) is 0.138. The Morgan fingerprint density at radius 2 is 1.45 bits per heavy atom. The molecule has 0 aliphatic rings. The SMILES string of the molecule is O=C(NS(=O)(=O)c1ccc([N+](=O)[O-])cc1)c1ccc(CCCc2ccccc2OCc2ccccc2)cc1. The Kier molecular flexibility index (Phi) is 8.50. The van der Waals surface area contributed by atoms with E-state index in [1.54, 1.807) is 24.3 Å². The normalized spacial score (nSPS) is 11.1.